The Kier molecular flexibility index (Phi) is 3.89. The predicted molar refractivity (Wildman–Crippen MR) is 66.3 cm³/mol. The molecular formula is C13H20N2. The van der Waals surface area contributed by atoms with Crippen molar-refractivity contribution in [2.45, 2.75) is 34.1 Å². The molecule has 0 bridgehead atoms. The second kappa shape index (κ2) is 4.96. The van der Waals surface area contributed by atoms with Crippen molar-refractivity contribution in [3.8, 4) is 0 Å². The molecule has 1 atom stereocenters. The van der Waals surface area contributed by atoms with Crippen LogP contribution in [0, 0.1) is 5.41 Å². The Hall–Kier alpha value is -1.31. The van der Waals surface area contributed by atoms with Crippen LogP contribution in [0.5, 0.6) is 0 Å². The summed E-state index contributed by atoms with van der Waals surface area (Å²) < 4.78 is 2.04. The Balaban J connectivity index is 0.000000531. The molecule has 0 N–H and O–H groups in total. The second-order valence-corrected chi connectivity index (χ2v) is 3.70. The molecule has 2 rings (SSSR count). The van der Waals surface area contributed by atoms with Gasteiger partial charge in [-0.2, -0.15) is 0 Å². The van der Waals surface area contributed by atoms with E-state index in [2.05, 4.69) is 43.3 Å². The van der Waals surface area contributed by atoms with Gasteiger partial charge in [0.2, 0.25) is 0 Å². The molecule has 0 saturated heterocycles. The predicted octanol–water partition coefficient (Wildman–Crippen LogP) is 3.82. The summed E-state index contributed by atoms with van der Waals surface area (Å²) >= 11 is 0. The molecule has 1 aromatic heterocycles. The molecule has 0 aromatic carbocycles. The first kappa shape index (κ1) is 11.8. The molecular weight excluding hydrogens is 184 g/mol. The smallest absolute Gasteiger partial charge is 0.136 e. The monoisotopic (exact) mass is 204 g/mol. The lowest BCUT2D eigenvalue weighted by Gasteiger charge is -2.17. The molecule has 1 aliphatic heterocycles. The molecule has 1 unspecified atom stereocenters. The third-order valence-corrected chi connectivity index (χ3v) is 2.69. The molecule has 0 spiro atoms. The lowest BCUT2D eigenvalue weighted by atomic mass is 9.87. The van der Waals surface area contributed by atoms with Crippen LogP contribution in [0.3, 0.4) is 0 Å². The van der Waals surface area contributed by atoms with Gasteiger partial charge in [0, 0.05) is 24.0 Å². The van der Waals surface area contributed by atoms with Crippen molar-refractivity contribution < 1.29 is 0 Å². The number of fused-ring (bicyclic) bond motifs is 1. The highest BCUT2D eigenvalue weighted by Gasteiger charge is 2.16. The van der Waals surface area contributed by atoms with Crippen molar-refractivity contribution in [2.75, 3.05) is 0 Å². The maximum atomic E-state index is 4.24. The number of nitrogens with zero attached hydrogens (tertiary/aromatic N) is 2. The van der Waals surface area contributed by atoms with Crippen LogP contribution in [0.4, 0.5) is 0 Å². The normalized spacial score (nSPS) is 22.7. The maximum Gasteiger partial charge on any atom is 0.136 e. The zero-order chi connectivity index (χ0) is 11.3. The van der Waals surface area contributed by atoms with Crippen molar-refractivity contribution >= 4 is 12.3 Å². The summed E-state index contributed by atoms with van der Waals surface area (Å²) in [5, 5.41) is 0. The summed E-state index contributed by atoms with van der Waals surface area (Å²) in [7, 11) is 0. The van der Waals surface area contributed by atoms with Gasteiger partial charge in [-0.3, -0.25) is 0 Å². The average Bonchev–Trinajstić information content (AvgIpc) is 2.68. The highest BCUT2D eigenvalue weighted by atomic mass is 15.0. The molecule has 0 amide bonds. The first-order valence-corrected chi connectivity index (χ1v) is 5.65. The van der Waals surface area contributed by atoms with Crippen LogP contribution >= 0.6 is 0 Å². The zero-order valence-corrected chi connectivity index (χ0v) is 10.1. The number of hydrogen-bond donors (Lipinski definition) is 0. The van der Waals surface area contributed by atoms with Gasteiger partial charge in [0.15, 0.2) is 0 Å². The highest BCUT2D eigenvalue weighted by molar-refractivity contribution is 5.50. The van der Waals surface area contributed by atoms with Gasteiger partial charge in [-0.05, 0) is 12.5 Å². The quantitative estimate of drug-likeness (QED) is 0.680. The number of aromatic nitrogens is 2. The fraction of sp³-hybridized carbons (Fsp3) is 0.462. The van der Waals surface area contributed by atoms with E-state index in [1.165, 1.54) is 0 Å². The Bertz CT molecular complexity index is 330. The average molecular weight is 204 g/mol. The molecule has 1 aliphatic rings. The molecule has 1 aromatic rings. The van der Waals surface area contributed by atoms with E-state index in [1.54, 1.807) is 0 Å². The Morgan fingerprint density at radius 2 is 2.07 bits per heavy atom. The molecule has 0 aliphatic carbocycles. The minimum atomic E-state index is 0.181. The number of hydrogen-bond acceptors (Lipinski definition) is 1. The van der Waals surface area contributed by atoms with Crippen LogP contribution in [0.25, 0.3) is 12.3 Å². The standard InChI is InChI=1S/C11H14N2.C2H6/c1-3-11(2)5-4-10-12-7-9-13(10)8-6-11;1-2/h4-9H,3H2,1-2H3;1-2H3. The minimum Gasteiger partial charge on any atom is -0.307 e. The van der Waals surface area contributed by atoms with E-state index in [0.717, 1.165) is 12.2 Å². The van der Waals surface area contributed by atoms with Gasteiger partial charge < -0.3 is 4.57 Å². The minimum absolute atomic E-state index is 0.181. The van der Waals surface area contributed by atoms with Gasteiger partial charge >= 0.3 is 0 Å². The van der Waals surface area contributed by atoms with E-state index in [0.29, 0.717) is 0 Å². The van der Waals surface area contributed by atoms with Crippen LogP contribution in [-0.4, -0.2) is 9.55 Å². The summed E-state index contributed by atoms with van der Waals surface area (Å²) in [6.07, 6.45) is 13.5. The van der Waals surface area contributed by atoms with Crippen LogP contribution in [0.15, 0.2) is 24.5 Å². The SMILES string of the molecule is CC.CCC1(C)C=Cc2nccn2C=C1. The van der Waals surface area contributed by atoms with E-state index in [-0.39, 0.29) is 5.41 Å². The van der Waals surface area contributed by atoms with Crippen LogP contribution in [0.2, 0.25) is 0 Å². The first-order valence-electron chi connectivity index (χ1n) is 5.65. The fourth-order valence-corrected chi connectivity index (χ4v) is 1.39. The molecule has 82 valence electrons. The highest BCUT2D eigenvalue weighted by Crippen LogP contribution is 2.28. The summed E-state index contributed by atoms with van der Waals surface area (Å²) in [6, 6.07) is 0. The Morgan fingerprint density at radius 1 is 1.33 bits per heavy atom. The number of allylic oxidation sites excluding steroid dienone is 2. The maximum absolute atomic E-state index is 4.24. The van der Waals surface area contributed by atoms with Crippen molar-refractivity contribution in [1.29, 1.82) is 0 Å². The summed E-state index contributed by atoms with van der Waals surface area (Å²) in [4.78, 5) is 4.24. The van der Waals surface area contributed by atoms with Crippen molar-refractivity contribution in [2.24, 2.45) is 5.41 Å². The largest absolute Gasteiger partial charge is 0.307 e. The number of rotatable bonds is 1. The summed E-state index contributed by atoms with van der Waals surface area (Å²) in [5.41, 5.74) is 0.181. The van der Waals surface area contributed by atoms with Gasteiger partial charge in [0.1, 0.15) is 5.82 Å². The number of imidazole rings is 1. The summed E-state index contributed by atoms with van der Waals surface area (Å²) in [6.45, 7) is 8.43. The van der Waals surface area contributed by atoms with Gasteiger partial charge in [-0.15, -0.1) is 0 Å². The van der Waals surface area contributed by atoms with E-state index in [1.807, 2.05) is 30.8 Å². The fourth-order valence-electron chi connectivity index (χ4n) is 1.39. The molecule has 2 heteroatoms. The Labute approximate surface area is 92.3 Å². The molecule has 2 nitrogen and oxygen atoms in total. The van der Waals surface area contributed by atoms with Gasteiger partial charge in [-0.25, -0.2) is 4.98 Å². The lowest BCUT2D eigenvalue weighted by molar-refractivity contribution is 0.535. The third-order valence-electron chi connectivity index (χ3n) is 2.69. The molecule has 0 saturated carbocycles. The zero-order valence-electron chi connectivity index (χ0n) is 10.1. The van der Waals surface area contributed by atoms with Gasteiger partial charge in [-0.1, -0.05) is 39.8 Å². The second-order valence-electron chi connectivity index (χ2n) is 3.70. The van der Waals surface area contributed by atoms with E-state index >= 15 is 0 Å². The van der Waals surface area contributed by atoms with Gasteiger partial charge in [0.25, 0.3) is 0 Å². The van der Waals surface area contributed by atoms with Crippen molar-refractivity contribution in [3.63, 3.8) is 0 Å². The molecule has 2 heterocycles. The van der Waals surface area contributed by atoms with Gasteiger partial charge in [0.05, 0.1) is 0 Å². The molecule has 0 radical (unpaired) electrons. The molecule has 15 heavy (non-hydrogen) atoms. The van der Waals surface area contributed by atoms with Crippen molar-refractivity contribution in [3.05, 3.63) is 30.4 Å². The first-order chi connectivity index (χ1) is 7.23. The molecule has 0 fully saturated rings. The topological polar surface area (TPSA) is 17.8 Å². The summed E-state index contributed by atoms with van der Waals surface area (Å²) in [5.74, 6) is 1.01. The van der Waals surface area contributed by atoms with E-state index < -0.39 is 0 Å². The lowest BCUT2D eigenvalue weighted by Crippen LogP contribution is -2.06. The van der Waals surface area contributed by atoms with Crippen LogP contribution < -0.4 is 0 Å². The van der Waals surface area contributed by atoms with E-state index in [4.69, 9.17) is 0 Å². The van der Waals surface area contributed by atoms with E-state index in [9.17, 15) is 0 Å². The Morgan fingerprint density at radius 3 is 2.73 bits per heavy atom. The van der Waals surface area contributed by atoms with Crippen LogP contribution in [0.1, 0.15) is 39.9 Å². The van der Waals surface area contributed by atoms with Crippen LogP contribution in [-0.2, 0) is 0 Å². The third kappa shape index (κ3) is 2.58. The van der Waals surface area contributed by atoms with Crippen molar-refractivity contribution in [1.82, 2.24) is 9.55 Å².